The number of benzene rings is 2. The van der Waals surface area contributed by atoms with Gasteiger partial charge in [0.15, 0.2) is 0 Å². The van der Waals surface area contributed by atoms with Gasteiger partial charge in [0.2, 0.25) is 5.92 Å². The Bertz CT molecular complexity index is 1190. The molecule has 6 nitrogen and oxygen atoms in total. The van der Waals surface area contributed by atoms with E-state index in [1.807, 2.05) is 12.3 Å². The number of aromatic carboxylic acids is 1. The molecule has 2 aromatic carbocycles. The molecule has 1 aliphatic heterocycles. The van der Waals surface area contributed by atoms with E-state index in [0.29, 0.717) is 5.56 Å². The van der Waals surface area contributed by atoms with Gasteiger partial charge in [0.1, 0.15) is 5.75 Å². The fraction of sp³-hybridized carbons (Fsp3) is 0.444. The number of aromatic nitrogens is 1. The molecule has 1 aliphatic carbocycles. The third-order valence-electron chi connectivity index (χ3n) is 7.30. The monoisotopic (exact) mass is 485 g/mol. The van der Waals surface area contributed by atoms with Crippen LogP contribution >= 0.6 is 0 Å². The molecule has 35 heavy (non-hydrogen) atoms. The zero-order valence-corrected chi connectivity index (χ0v) is 20.5. The third kappa shape index (κ3) is 5.42. The first kappa shape index (κ1) is 25.0. The van der Waals surface area contributed by atoms with E-state index in [0.717, 1.165) is 49.4 Å². The molecule has 0 amide bonds. The summed E-state index contributed by atoms with van der Waals surface area (Å²) in [6.45, 7) is 4.66. The molecule has 0 bridgehead atoms. The molecule has 0 unspecified atom stereocenters. The number of carbonyl (C=O) groups is 1. The van der Waals surface area contributed by atoms with Gasteiger partial charge in [0, 0.05) is 54.8 Å². The lowest BCUT2D eigenvalue weighted by Gasteiger charge is -2.51. The fourth-order valence-corrected chi connectivity index (χ4v) is 5.40. The number of hydrogen-bond donors (Lipinski definition) is 3. The normalized spacial score (nSPS) is 18.4. The second kappa shape index (κ2) is 9.85. The number of nitrogens with one attached hydrogen (secondary N) is 2. The van der Waals surface area contributed by atoms with Crippen molar-refractivity contribution in [2.45, 2.75) is 45.1 Å². The number of H-pyrrole nitrogens is 1. The van der Waals surface area contributed by atoms with E-state index in [1.165, 1.54) is 16.5 Å². The molecule has 1 saturated heterocycles. The average molecular weight is 486 g/mol. The minimum absolute atomic E-state index is 0.0871. The van der Waals surface area contributed by atoms with E-state index in [1.54, 1.807) is 32.4 Å². The van der Waals surface area contributed by atoms with E-state index in [4.69, 9.17) is 9.84 Å². The molecule has 2 heterocycles. The highest BCUT2D eigenvalue weighted by atomic mass is 19.3. The molecule has 0 radical (unpaired) electrons. The quantitative estimate of drug-likeness (QED) is 0.418. The number of anilines is 1. The van der Waals surface area contributed by atoms with E-state index < -0.39 is 11.9 Å². The van der Waals surface area contributed by atoms with Gasteiger partial charge in [-0.3, -0.25) is 4.90 Å². The Morgan fingerprint density at radius 3 is 2.51 bits per heavy atom. The third-order valence-corrected chi connectivity index (χ3v) is 7.30. The molecular formula is C27H33F2N3O3. The highest BCUT2D eigenvalue weighted by molar-refractivity contribution is 5.89. The van der Waals surface area contributed by atoms with Gasteiger partial charge in [-0.15, -0.1) is 0 Å². The summed E-state index contributed by atoms with van der Waals surface area (Å²) in [5, 5.41) is 12.6. The molecular weight excluding hydrogens is 452 g/mol. The zero-order chi connectivity index (χ0) is 25.2. The Kier molecular flexibility index (Phi) is 7.03. The molecule has 2 fully saturated rings. The summed E-state index contributed by atoms with van der Waals surface area (Å²) < 4.78 is 32.1. The summed E-state index contributed by atoms with van der Waals surface area (Å²) in [4.78, 5) is 16.1. The number of aryl methyl sites for hydroxylation is 1. The molecule has 1 aromatic heterocycles. The summed E-state index contributed by atoms with van der Waals surface area (Å²) in [5.74, 6) is -2.41. The largest absolute Gasteiger partial charge is 0.496 e. The van der Waals surface area contributed by atoms with E-state index in [9.17, 15) is 13.6 Å². The van der Waals surface area contributed by atoms with Gasteiger partial charge in [-0.2, -0.15) is 0 Å². The molecule has 1 spiro atoms. The summed E-state index contributed by atoms with van der Waals surface area (Å²) in [7, 11) is 3.46. The molecule has 188 valence electrons. The van der Waals surface area contributed by atoms with Crippen LogP contribution in [0.15, 0.2) is 42.6 Å². The summed E-state index contributed by atoms with van der Waals surface area (Å²) in [5.41, 5.74) is 4.53. The standard InChI is InChI=1S/C19H24F2N2O.C8H9NO2/c1-13-9-16(24-2)15(14-3-6-22-17(13)14)10-23-7-4-18(5-8-23)11-19(20,21)12-18;1-9-7-4-2-3-6(5-7)8(10)11/h3,6,9,22H,4-5,7-8,10-12H2,1-2H3;2-5,9H,1H3,(H,10,11). The van der Waals surface area contributed by atoms with Gasteiger partial charge >= 0.3 is 5.97 Å². The van der Waals surface area contributed by atoms with Crippen molar-refractivity contribution in [3.05, 3.63) is 59.3 Å². The van der Waals surface area contributed by atoms with Crippen LogP contribution in [0.1, 0.15) is 47.2 Å². The fourth-order valence-electron chi connectivity index (χ4n) is 5.40. The Hall–Kier alpha value is -3.13. The van der Waals surface area contributed by atoms with Crippen LogP contribution in [-0.4, -0.2) is 54.1 Å². The Labute approximate surface area is 204 Å². The first-order chi connectivity index (χ1) is 16.6. The molecule has 1 saturated carbocycles. The Morgan fingerprint density at radius 2 is 1.91 bits per heavy atom. The van der Waals surface area contributed by atoms with Gasteiger partial charge < -0.3 is 20.1 Å². The van der Waals surface area contributed by atoms with Crippen LogP contribution in [0.3, 0.4) is 0 Å². The van der Waals surface area contributed by atoms with Crippen LogP contribution in [0.25, 0.3) is 10.9 Å². The van der Waals surface area contributed by atoms with Crippen LogP contribution in [0.2, 0.25) is 0 Å². The van der Waals surface area contributed by atoms with Gasteiger partial charge in [0.05, 0.1) is 12.7 Å². The summed E-state index contributed by atoms with van der Waals surface area (Å²) in [6, 6.07) is 10.8. The first-order valence-corrected chi connectivity index (χ1v) is 11.9. The predicted octanol–water partition coefficient (Wildman–Crippen LogP) is 5.92. The lowest BCUT2D eigenvalue weighted by molar-refractivity contribution is -0.178. The van der Waals surface area contributed by atoms with Crippen molar-refractivity contribution in [2.75, 3.05) is 32.6 Å². The number of alkyl halides is 2. The zero-order valence-electron chi connectivity index (χ0n) is 20.5. The molecule has 2 aliphatic rings. The SMILES string of the molecule is CNc1cccc(C(=O)O)c1.COc1cc(C)c2[nH]ccc2c1CN1CCC2(CC1)CC(F)(F)C2. The van der Waals surface area contributed by atoms with Crippen molar-refractivity contribution in [1.82, 2.24) is 9.88 Å². The van der Waals surface area contributed by atoms with E-state index in [2.05, 4.69) is 34.3 Å². The van der Waals surface area contributed by atoms with Crippen molar-refractivity contribution >= 4 is 22.6 Å². The number of likely N-dealkylation sites (tertiary alicyclic amines) is 1. The van der Waals surface area contributed by atoms with Crippen LogP contribution in [-0.2, 0) is 6.54 Å². The van der Waals surface area contributed by atoms with Crippen LogP contribution < -0.4 is 10.1 Å². The van der Waals surface area contributed by atoms with Crippen molar-refractivity contribution < 1.29 is 23.4 Å². The van der Waals surface area contributed by atoms with Crippen LogP contribution in [0.5, 0.6) is 5.75 Å². The average Bonchev–Trinajstić information content (AvgIpc) is 3.32. The number of piperidine rings is 1. The number of rotatable bonds is 5. The number of carboxylic acids is 1. The minimum atomic E-state index is -2.42. The topological polar surface area (TPSA) is 77.6 Å². The maximum Gasteiger partial charge on any atom is 0.335 e. The number of nitrogens with zero attached hydrogens (tertiary/aromatic N) is 1. The second-order valence-electron chi connectivity index (χ2n) is 9.76. The molecule has 5 rings (SSSR count). The smallest absolute Gasteiger partial charge is 0.335 e. The number of halogens is 2. The summed E-state index contributed by atoms with van der Waals surface area (Å²) in [6.07, 6.45) is 3.90. The van der Waals surface area contributed by atoms with Crippen molar-refractivity contribution in [1.29, 1.82) is 0 Å². The van der Waals surface area contributed by atoms with Crippen LogP contribution in [0, 0.1) is 12.3 Å². The highest BCUT2D eigenvalue weighted by Gasteiger charge is 2.56. The molecule has 3 aromatic rings. The number of methoxy groups -OCH3 is 1. The van der Waals surface area contributed by atoms with Gasteiger partial charge in [0.25, 0.3) is 0 Å². The Balaban J connectivity index is 0.000000221. The molecule has 0 atom stereocenters. The van der Waals surface area contributed by atoms with Crippen molar-refractivity contribution in [3.8, 4) is 5.75 Å². The number of aromatic amines is 1. The van der Waals surface area contributed by atoms with Gasteiger partial charge in [-0.1, -0.05) is 6.07 Å². The number of ether oxygens (including phenoxy) is 1. The second-order valence-corrected chi connectivity index (χ2v) is 9.76. The summed E-state index contributed by atoms with van der Waals surface area (Å²) >= 11 is 0. The minimum Gasteiger partial charge on any atom is -0.496 e. The highest BCUT2D eigenvalue weighted by Crippen LogP contribution is 2.57. The number of hydrogen-bond acceptors (Lipinski definition) is 4. The van der Waals surface area contributed by atoms with Crippen molar-refractivity contribution in [3.63, 3.8) is 0 Å². The Morgan fingerprint density at radius 1 is 1.20 bits per heavy atom. The van der Waals surface area contributed by atoms with Gasteiger partial charge in [-0.25, -0.2) is 13.6 Å². The predicted molar refractivity (Wildman–Crippen MR) is 134 cm³/mol. The van der Waals surface area contributed by atoms with E-state index in [-0.39, 0.29) is 18.3 Å². The van der Waals surface area contributed by atoms with Gasteiger partial charge in [-0.05, 0) is 74.2 Å². The number of fused-ring (bicyclic) bond motifs is 1. The number of carboxylic acid groups (broad SMARTS) is 1. The molecule has 8 heteroatoms. The maximum atomic E-state index is 13.3. The molecule has 3 N–H and O–H groups in total. The lowest BCUT2D eigenvalue weighted by atomic mass is 9.61. The van der Waals surface area contributed by atoms with Crippen molar-refractivity contribution in [2.24, 2.45) is 5.41 Å². The lowest BCUT2D eigenvalue weighted by Crippen LogP contribution is -2.52. The van der Waals surface area contributed by atoms with E-state index >= 15 is 0 Å². The maximum absolute atomic E-state index is 13.3. The van der Waals surface area contributed by atoms with Crippen LogP contribution in [0.4, 0.5) is 14.5 Å². The first-order valence-electron chi connectivity index (χ1n) is 11.9.